The van der Waals surface area contributed by atoms with Crippen LogP contribution in [0.25, 0.3) is 11.3 Å². The number of nitrogens with one attached hydrogen (secondary N) is 2. The number of halogens is 2. The maximum atomic E-state index is 13.4. The molecule has 2 aromatic heterocycles. The zero-order valence-electron chi connectivity index (χ0n) is 19.0. The molecule has 11 heteroatoms. The summed E-state index contributed by atoms with van der Waals surface area (Å²) in [5, 5.41) is 3.05. The van der Waals surface area contributed by atoms with Gasteiger partial charge in [0, 0.05) is 84.7 Å². The van der Waals surface area contributed by atoms with E-state index in [9.17, 15) is 9.18 Å². The quantitative estimate of drug-likeness (QED) is 0.324. The minimum Gasteiger partial charge on any atom is -0.381 e. The fraction of sp³-hybridized carbons (Fsp3) is 0.304. The molecule has 34 heavy (non-hydrogen) atoms. The number of aromatic nitrogens is 3. The van der Waals surface area contributed by atoms with E-state index in [2.05, 4.69) is 26.3 Å². The van der Waals surface area contributed by atoms with E-state index in [-0.39, 0.29) is 66.9 Å². The van der Waals surface area contributed by atoms with Crippen LogP contribution in [-0.2, 0) is 4.74 Å². The van der Waals surface area contributed by atoms with Gasteiger partial charge in [0.1, 0.15) is 5.69 Å². The van der Waals surface area contributed by atoms with Crippen molar-refractivity contribution in [1.82, 2.24) is 20.3 Å². The Labute approximate surface area is 237 Å². The Morgan fingerprint density at radius 1 is 1.29 bits per heavy atom. The number of carbonyl (C=O) groups is 1. The molecular weight excluding hydrogens is 588 g/mol. The Hall–Kier alpha value is -1.65. The first-order valence-corrected chi connectivity index (χ1v) is 10.6. The van der Waals surface area contributed by atoms with Gasteiger partial charge in [-0.25, -0.2) is 9.97 Å². The Bertz CT molecular complexity index is 1040. The Balaban J connectivity index is 0.000000631. The molecule has 1 saturated heterocycles. The van der Waals surface area contributed by atoms with Gasteiger partial charge in [-0.1, -0.05) is 11.6 Å². The molecule has 0 saturated carbocycles. The average Bonchev–Trinajstić information content (AvgIpc) is 3.31. The number of carbonyl (C=O) groups excluding carboxylic acids is 1. The van der Waals surface area contributed by atoms with E-state index in [0.717, 1.165) is 13.2 Å². The van der Waals surface area contributed by atoms with Crippen molar-refractivity contribution in [2.24, 2.45) is 5.73 Å². The third-order valence-electron chi connectivity index (χ3n) is 4.76. The first kappa shape index (κ1) is 30.4. The van der Waals surface area contributed by atoms with Crippen molar-refractivity contribution >= 4 is 23.5 Å². The number of nitrogens with zero attached hydrogens (tertiary/aromatic N) is 2. The zero-order chi connectivity index (χ0) is 22.9. The van der Waals surface area contributed by atoms with Gasteiger partial charge in [-0.15, -0.1) is 17.7 Å². The zero-order valence-corrected chi connectivity index (χ0v) is 23.4. The molecule has 1 unspecified atom stereocenters. The number of hydrogen-bond acceptors (Lipinski definition) is 6. The molecule has 0 bridgehead atoms. The minimum absolute atomic E-state index is 0. The smallest absolute Gasteiger partial charge is 0.267 e. The largest absolute Gasteiger partial charge is 0.381 e. The SMILES string of the molecule is C1CCOCC1.NCC(NC(=O)c1cc(-c2nc(N)ncc2Cl)c[nH]1)c1c[c-]cc(F)c1.[CH3-].[Pr]. The molecule has 1 radical (unpaired) electrons. The van der Waals surface area contributed by atoms with Crippen molar-refractivity contribution in [3.8, 4) is 11.3 Å². The number of ether oxygens (including phenoxy) is 1. The molecule has 1 atom stereocenters. The minimum atomic E-state index is -0.556. The molecule has 1 amide bonds. The summed E-state index contributed by atoms with van der Waals surface area (Å²) in [6.45, 7) is 2.10. The van der Waals surface area contributed by atoms with E-state index in [1.165, 1.54) is 37.6 Å². The van der Waals surface area contributed by atoms with E-state index in [0.29, 0.717) is 21.8 Å². The van der Waals surface area contributed by atoms with Crippen molar-refractivity contribution in [2.45, 2.75) is 25.3 Å². The molecule has 1 aliphatic heterocycles. The molecule has 181 valence electrons. The molecule has 6 N–H and O–H groups in total. The summed E-state index contributed by atoms with van der Waals surface area (Å²) < 4.78 is 18.4. The second-order valence-corrected chi connectivity index (χ2v) is 7.55. The van der Waals surface area contributed by atoms with E-state index >= 15 is 0 Å². The number of rotatable bonds is 5. The molecule has 4 rings (SSSR count). The third-order valence-corrected chi connectivity index (χ3v) is 5.04. The predicted molar refractivity (Wildman–Crippen MR) is 127 cm³/mol. The molecule has 1 fully saturated rings. The third kappa shape index (κ3) is 8.85. The van der Waals surface area contributed by atoms with Gasteiger partial charge in [-0.3, -0.25) is 9.18 Å². The topological polar surface area (TPSA) is 132 Å². The summed E-state index contributed by atoms with van der Waals surface area (Å²) in [5.74, 6) is -0.787. The molecule has 8 nitrogen and oxygen atoms in total. The molecular formula is C23H28ClFN6O2Pr-2. The standard InChI is InChI=1S/C17H15ClFN6O.C5H10O.CH3.Pr/c18-12-8-23-17(21)25-15(12)10-5-13(22-7-10)16(26)24-14(6-20)9-2-1-3-11(19)4-9;1-2-4-6-5-3-1;;/h2-5,7-8,14,22H,6,20H2,(H,24,26)(H2,21,23,25);1-5H2;1H3;/q-1;;-1;. The maximum absolute atomic E-state index is 13.4. The molecule has 1 aliphatic rings. The van der Waals surface area contributed by atoms with Gasteiger partial charge in [-0.05, 0) is 25.3 Å². The van der Waals surface area contributed by atoms with Crippen LogP contribution in [0.15, 0.2) is 36.7 Å². The molecule has 3 aromatic rings. The summed E-state index contributed by atoms with van der Waals surface area (Å²) in [5.41, 5.74) is 13.1. The van der Waals surface area contributed by atoms with E-state index in [1.54, 1.807) is 18.3 Å². The summed E-state index contributed by atoms with van der Waals surface area (Å²) in [6.07, 6.45) is 6.90. The summed E-state index contributed by atoms with van der Waals surface area (Å²) in [4.78, 5) is 23.2. The number of nitrogens with two attached hydrogens (primary N) is 2. The van der Waals surface area contributed by atoms with Crippen LogP contribution in [0.1, 0.15) is 41.4 Å². The van der Waals surface area contributed by atoms with Gasteiger partial charge >= 0.3 is 0 Å². The number of hydrogen-bond donors (Lipinski definition) is 4. The van der Waals surface area contributed by atoms with Crippen LogP contribution in [0.3, 0.4) is 0 Å². The van der Waals surface area contributed by atoms with E-state index < -0.39 is 17.8 Å². The molecule has 0 aliphatic carbocycles. The van der Waals surface area contributed by atoms with Crippen LogP contribution in [0.4, 0.5) is 10.3 Å². The Kier molecular flexibility index (Phi) is 13.7. The second-order valence-electron chi connectivity index (χ2n) is 7.15. The van der Waals surface area contributed by atoms with Gasteiger partial charge in [-0.2, -0.15) is 12.1 Å². The summed E-state index contributed by atoms with van der Waals surface area (Å²) in [6, 6.07) is 7.76. The fourth-order valence-corrected chi connectivity index (χ4v) is 3.31. The number of anilines is 1. The van der Waals surface area contributed by atoms with Crippen molar-refractivity contribution < 1.29 is 55.2 Å². The molecule has 1 aromatic carbocycles. The van der Waals surface area contributed by atoms with Gasteiger partial charge in [0.2, 0.25) is 5.95 Å². The first-order valence-electron chi connectivity index (χ1n) is 10.2. The maximum Gasteiger partial charge on any atom is 0.267 e. The number of H-pyrrole nitrogens is 1. The van der Waals surface area contributed by atoms with E-state index in [1.807, 2.05) is 0 Å². The average molecular weight is 616 g/mol. The molecule has 0 spiro atoms. The van der Waals surface area contributed by atoms with Crippen LogP contribution in [0.2, 0.25) is 5.02 Å². The van der Waals surface area contributed by atoms with Crippen molar-refractivity contribution in [3.63, 3.8) is 0 Å². The monoisotopic (exact) mass is 615 g/mol. The van der Waals surface area contributed by atoms with Crippen LogP contribution >= 0.6 is 11.6 Å². The van der Waals surface area contributed by atoms with Crippen LogP contribution < -0.4 is 16.8 Å². The van der Waals surface area contributed by atoms with Crippen molar-refractivity contribution in [3.05, 3.63) is 72.2 Å². The molecule has 3 heterocycles. The number of aromatic amines is 1. The second kappa shape index (κ2) is 15.4. The number of nitrogen functional groups attached to an aromatic ring is 1. The van der Waals surface area contributed by atoms with Crippen LogP contribution in [-0.4, -0.2) is 40.6 Å². The van der Waals surface area contributed by atoms with Crippen molar-refractivity contribution in [1.29, 1.82) is 0 Å². The van der Waals surface area contributed by atoms with Gasteiger partial charge in [0.15, 0.2) is 0 Å². The number of benzene rings is 1. The summed E-state index contributed by atoms with van der Waals surface area (Å²) >= 11 is 6.07. The van der Waals surface area contributed by atoms with Gasteiger partial charge in [0.05, 0.1) is 16.9 Å². The van der Waals surface area contributed by atoms with Crippen LogP contribution in [0, 0.1) is 60.6 Å². The fourth-order valence-electron chi connectivity index (χ4n) is 3.11. The van der Waals surface area contributed by atoms with Gasteiger partial charge in [0.25, 0.3) is 5.91 Å². The van der Waals surface area contributed by atoms with Crippen molar-refractivity contribution in [2.75, 3.05) is 25.5 Å². The van der Waals surface area contributed by atoms with E-state index in [4.69, 9.17) is 27.8 Å². The summed E-state index contributed by atoms with van der Waals surface area (Å²) in [7, 11) is 0. The Morgan fingerprint density at radius 2 is 2.03 bits per heavy atom. The Morgan fingerprint density at radius 3 is 2.62 bits per heavy atom. The number of amides is 1. The van der Waals surface area contributed by atoms with Gasteiger partial charge < -0.3 is 33.9 Å². The van der Waals surface area contributed by atoms with Crippen LogP contribution in [0.5, 0.6) is 0 Å². The normalized spacial score (nSPS) is 13.4. The predicted octanol–water partition coefficient (Wildman–Crippen LogP) is 3.71. The first-order chi connectivity index (χ1) is 15.5.